The minimum absolute atomic E-state index is 0.0361. The normalized spacial score (nSPS) is 28.8. The lowest BCUT2D eigenvalue weighted by Gasteiger charge is -2.28. The van der Waals surface area contributed by atoms with Crippen molar-refractivity contribution in [3.8, 4) is 0 Å². The summed E-state index contributed by atoms with van der Waals surface area (Å²) < 4.78 is 27.5. The number of hydrogen-bond acceptors (Lipinski definition) is 6. The number of hydrogen-bond donors (Lipinski definition) is 1. The molecule has 0 aromatic carbocycles. The first-order chi connectivity index (χ1) is 9.89. The van der Waals surface area contributed by atoms with Gasteiger partial charge in [-0.05, 0) is 6.92 Å². The van der Waals surface area contributed by atoms with E-state index in [2.05, 4.69) is 35.1 Å². The van der Waals surface area contributed by atoms with Crippen LogP contribution in [0.1, 0.15) is 13.8 Å². The maximum atomic E-state index is 5.84. The molecule has 0 radical (unpaired) electrons. The summed E-state index contributed by atoms with van der Waals surface area (Å²) in [4.78, 5) is 0. The van der Waals surface area contributed by atoms with Crippen molar-refractivity contribution in [2.45, 2.75) is 37.8 Å². The first-order valence-electron chi connectivity index (χ1n) is 6.88. The second kappa shape index (κ2) is 8.87. The van der Waals surface area contributed by atoms with Gasteiger partial charge in [0.05, 0.1) is 18.8 Å². The van der Waals surface area contributed by atoms with E-state index >= 15 is 0 Å². The summed E-state index contributed by atoms with van der Waals surface area (Å²) >= 11 is 4.18. The molecule has 0 aromatic rings. The zero-order chi connectivity index (χ0) is 16.0. The van der Waals surface area contributed by atoms with E-state index in [4.69, 9.17) is 23.6 Å². The molecule has 21 heavy (non-hydrogen) atoms. The lowest BCUT2D eigenvalue weighted by molar-refractivity contribution is -0.130. The molecule has 0 spiro atoms. The van der Waals surface area contributed by atoms with Gasteiger partial charge in [-0.2, -0.15) is 12.5 Å². The van der Waals surface area contributed by atoms with Crippen molar-refractivity contribution >= 4 is 27.5 Å². The van der Waals surface area contributed by atoms with Gasteiger partial charge in [0, 0.05) is 20.1 Å². The molecular formula is C13H26BO5PS. The second-order valence-electron chi connectivity index (χ2n) is 5.39. The average molecular weight is 336 g/mol. The maximum Gasteiger partial charge on any atom is 0.380 e. The van der Waals surface area contributed by atoms with E-state index < -0.39 is 0 Å². The molecule has 0 aromatic heterocycles. The molecule has 0 saturated carbocycles. The maximum absolute atomic E-state index is 5.84. The third kappa shape index (κ3) is 5.50. The standard InChI is InChI=1S/C13H26BO5PS/c1-6-10(16-5)11(17-8-15-4)9(2)12-13(3,19-12)7-18-14(20)21/h6,9-12,21H,1,7-8,20H2,2-5H3/t9-,10-,11-,12+,13-/m0/s1. The topological polar surface area (TPSA) is 49.5 Å². The summed E-state index contributed by atoms with van der Waals surface area (Å²) in [7, 11) is 5.71. The molecule has 0 aliphatic carbocycles. The van der Waals surface area contributed by atoms with E-state index in [1.165, 1.54) is 0 Å². The minimum Gasteiger partial charge on any atom is -0.419 e. The summed E-state index contributed by atoms with van der Waals surface area (Å²) in [5.74, 6) is -0.0815. The van der Waals surface area contributed by atoms with Crippen molar-refractivity contribution in [3.63, 3.8) is 0 Å². The van der Waals surface area contributed by atoms with Gasteiger partial charge >= 0.3 is 5.91 Å². The molecule has 1 aliphatic heterocycles. The van der Waals surface area contributed by atoms with Crippen LogP contribution in [-0.2, 0) is 23.6 Å². The Morgan fingerprint density at radius 2 is 2.19 bits per heavy atom. The highest BCUT2D eigenvalue weighted by Gasteiger charge is 2.57. The van der Waals surface area contributed by atoms with Crippen LogP contribution in [0.4, 0.5) is 0 Å². The van der Waals surface area contributed by atoms with Crippen molar-refractivity contribution in [2.75, 3.05) is 27.6 Å². The molecule has 1 rings (SSSR count). The Bertz CT molecular complexity index is 336. The zero-order valence-corrected chi connectivity index (χ0v) is 15.2. The molecule has 1 aliphatic rings. The van der Waals surface area contributed by atoms with Crippen LogP contribution in [0.5, 0.6) is 0 Å². The van der Waals surface area contributed by atoms with Crippen LogP contribution in [0.2, 0.25) is 0 Å². The monoisotopic (exact) mass is 336 g/mol. The van der Waals surface area contributed by atoms with Crippen molar-refractivity contribution in [3.05, 3.63) is 12.7 Å². The highest BCUT2D eigenvalue weighted by Crippen LogP contribution is 2.44. The molecule has 1 saturated heterocycles. The van der Waals surface area contributed by atoms with Crippen molar-refractivity contribution < 1.29 is 23.6 Å². The fourth-order valence-corrected chi connectivity index (χ4v) is 2.69. The van der Waals surface area contributed by atoms with Gasteiger partial charge in [0.1, 0.15) is 18.5 Å². The van der Waals surface area contributed by atoms with Crippen LogP contribution < -0.4 is 0 Å². The van der Waals surface area contributed by atoms with Gasteiger partial charge in [0.2, 0.25) is 0 Å². The first kappa shape index (κ1) is 19.4. The lowest BCUT2D eigenvalue weighted by atomic mass is 9.90. The van der Waals surface area contributed by atoms with Crippen molar-refractivity contribution in [2.24, 2.45) is 5.92 Å². The highest BCUT2D eigenvalue weighted by molar-refractivity contribution is 8.23. The van der Waals surface area contributed by atoms with Gasteiger partial charge < -0.3 is 23.6 Å². The van der Waals surface area contributed by atoms with E-state index in [0.717, 1.165) is 0 Å². The van der Waals surface area contributed by atoms with Crippen molar-refractivity contribution in [1.29, 1.82) is 0 Å². The molecule has 0 N–H and O–H groups in total. The quantitative estimate of drug-likeness (QED) is 0.156. The fourth-order valence-electron chi connectivity index (χ4n) is 2.52. The van der Waals surface area contributed by atoms with Gasteiger partial charge in [0.25, 0.3) is 0 Å². The summed E-state index contributed by atoms with van der Waals surface area (Å²) in [6.45, 7) is 8.58. The summed E-state index contributed by atoms with van der Waals surface area (Å²) in [5.41, 5.74) is -0.314. The Hall–Kier alpha value is 0.385. The zero-order valence-electron chi connectivity index (χ0n) is 13.2. The Kier molecular flexibility index (Phi) is 8.21. The van der Waals surface area contributed by atoms with Gasteiger partial charge in [-0.3, -0.25) is 0 Å². The fraction of sp³-hybridized carbons (Fsp3) is 0.846. The minimum atomic E-state index is -0.314. The van der Waals surface area contributed by atoms with Crippen LogP contribution in [0.15, 0.2) is 12.7 Å². The first-order valence-corrected chi connectivity index (χ1v) is 8.07. The summed E-state index contributed by atoms with van der Waals surface area (Å²) in [6, 6.07) is 0. The largest absolute Gasteiger partial charge is 0.419 e. The van der Waals surface area contributed by atoms with Crippen LogP contribution in [0.3, 0.4) is 0 Å². The molecule has 0 bridgehead atoms. The summed E-state index contributed by atoms with van der Waals surface area (Å²) in [6.07, 6.45) is 1.36. The number of methoxy groups -OCH3 is 2. The van der Waals surface area contributed by atoms with Gasteiger partial charge in [-0.1, -0.05) is 13.0 Å². The Labute approximate surface area is 135 Å². The molecular weight excluding hydrogens is 310 g/mol. The Morgan fingerprint density at radius 3 is 2.67 bits per heavy atom. The summed E-state index contributed by atoms with van der Waals surface area (Å²) in [5, 5.41) is 0. The van der Waals surface area contributed by atoms with Crippen molar-refractivity contribution in [1.82, 2.24) is 0 Å². The van der Waals surface area contributed by atoms with E-state index in [1.54, 1.807) is 20.3 Å². The van der Waals surface area contributed by atoms with E-state index in [9.17, 15) is 0 Å². The SMILES string of the molecule is C=C[C@H](OC)[C@@H](OCOC)[C@H](C)[C@H]1O[C@@]1(C)COB(P)S. The third-order valence-electron chi connectivity index (χ3n) is 3.68. The van der Waals surface area contributed by atoms with Crippen LogP contribution in [-0.4, -0.2) is 57.4 Å². The second-order valence-corrected chi connectivity index (χ2v) is 7.06. The molecule has 8 heteroatoms. The van der Waals surface area contributed by atoms with E-state index in [-0.39, 0.29) is 42.5 Å². The smallest absolute Gasteiger partial charge is 0.380 e. The Morgan fingerprint density at radius 1 is 1.52 bits per heavy atom. The molecule has 1 unspecified atom stereocenters. The predicted molar refractivity (Wildman–Crippen MR) is 90.6 cm³/mol. The predicted octanol–water partition coefficient (Wildman–Crippen LogP) is 1.78. The number of thiol groups is 1. The highest BCUT2D eigenvalue weighted by atomic mass is 32.1. The lowest BCUT2D eigenvalue weighted by Crippen LogP contribution is -2.40. The van der Waals surface area contributed by atoms with Crippen LogP contribution in [0.25, 0.3) is 0 Å². The molecule has 1 heterocycles. The Balaban J connectivity index is 2.64. The van der Waals surface area contributed by atoms with Gasteiger partial charge in [-0.15, -0.1) is 15.7 Å². The molecule has 6 atom stereocenters. The third-order valence-corrected chi connectivity index (χ3v) is 4.03. The average Bonchev–Trinajstić information content (AvgIpc) is 3.13. The molecule has 0 amide bonds. The molecule has 1 fully saturated rings. The van der Waals surface area contributed by atoms with Gasteiger partial charge in [-0.25, -0.2) is 0 Å². The van der Waals surface area contributed by atoms with E-state index in [0.29, 0.717) is 6.61 Å². The van der Waals surface area contributed by atoms with Crippen LogP contribution >= 0.6 is 21.6 Å². The number of ether oxygens (including phenoxy) is 4. The molecule has 122 valence electrons. The van der Waals surface area contributed by atoms with Gasteiger partial charge in [0.15, 0.2) is 0 Å². The number of epoxide rings is 1. The molecule has 5 nitrogen and oxygen atoms in total. The van der Waals surface area contributed by atoms with Crippen LogP contribution in [0, 0.1) is 5.92 Å². The van der Waals surface area contributed by atoms with E-state index in [1.807, 2.05) is 6.92 Å². The number of rotatable bonds is 11.